The van der Waals surface area contributed by atoms with E-state index in [4.69, 9.17) is 0 Å². The number of hydrogen-bond acceptors (Lipinski definition) is 2. The zero-order chi connectivity index (χ0) is 13.9. The molecule has 1 amide bonds. The molecule has 2 aliphatic rings. The first-order valence-corrected chi connectivity index (χ1v) is 6.85. The van der Waals surface area contributed by atoms with Crippen LogP contribution in [-0.4, -0.2) is 31.8 Å². The van der Waals surface area contributed by atoms with Crippen molar-refractivity contribution >= 4 is 5.91 Å². The standard InChI is InChI=1S/C13H20F3NO2/c14-13(15,16)8-19-4-3-17-12(18)7-11-6-9-1-2-10(11)5-9/h9-11H,1-8H2,(H,17,18). The minimum Gasteiger partial charge on any atom is -0.370 e. The summed E-state index contributed by atoms with van der Waals surface area (Å²) in [5.74, 6) is 1.91. The Kier molecular flexibility index (Phi) is 4.71. The first-order valence-electron chi connectivity index (χ1n) is 6.85. The van der Waals surface area contributed by atoms with Crippen molar-refractivity contribution in [3.8, 4) is 0 Å². The Morgan fingerprint density at radius 3 is 2.63 bits per heavy atom. The molecule has 0 aromatic rings. The van der Waals surface area contributed by atoms with Crippen LogP contribution in [0.3, 0.4) is 0 Å². The molecule has 0 saturated heterocycles. The first-order chi connectivity index (χ1) is 8.94. The van der Waals surface area contributed by atoms with Crippen LogP contribution in [0.2, 0.25) is 0 Å². The summed E-state index contributed by atoms with van der Waals surface area (Å²) < 4.78 is 39.8. The van der Waals surface area contributed by atoms with Gasteiger partial charge in [-0.15, -0.1) is 0 Å². The average molecular weight is 279 g/mol. The number of carbonyl (C=O) groups is 1. The van der Waals surface area contributed by atoms with E-state index in [1.165, 1.54) is 19.3 Å². The van der Waals surface area contributed by atoms with Crippen molar-refractivity contribution in [1.29, 1.82) is 0 Å². The SMILES string of the molecule is O=C(CC1CC2CCC1C2)NCCOCC(F)(F)F. The van der Waals surface area contributed by atoms with E-state index in [1.54, 1.807) is 0 Å². The van der Waals surface area contributed by atoms with E-state index in [1.807, 2.05) is 0 Å². The second kappa shape index (κ2) is 6.11. The number of ether oxygens (including phenoxy) is 1. The maximum Gasteiger partial charge on any atom is 0.411 e. The van der Waals surface area contributed by atoms with Gasteiger partial charge < -0.3 is 10.1 Å². The van der Waals surface area contributed by atoms with E-state index in [-0.39, 0.29) is 19.1 Å². The van der Waals surface area contributed by atoms with Crippen molar-refractivity contribution in [3.63, 3.8) is 0 Å². The van der Waals surface area contributed by atoms with Crippen molar-refractivity contribution in [2.75, 3.05) is 19.8 Å². The summed E-state index contributed by atoms with van der Waals surface area (Å²) in [6.07, 6.45) is 1.15. The third-order valence-electron chi connectivity index (χ3n) is 4.17. The van der Waals surface area contributed by atoms with Gasteiger partial charge in [-0.2, -0.15) is 13.2 Å². The Labute approximate surface area is 110 Å². The number of alkyl halides is 3. The molecule has 0 aromatic carbocycles. The van der Waals surface area contributed by atoms with E-state index in [0.29, 0.717) is 18.3 Å². The minimum absolute atomic E-state index is 0.0619. The first kappa shape index (κ1) is 14.6. The molecule has 2 saturated carbocycles. The highest BCUT2D eigenvalue weighted by atomic mass is 19.4. The van der Waals surface area contributed by atoms with Gasteiger partial charge in [-0.1, -0.05) is 6.42 Å². The summed E-state index contributed by atoms with van der Waals surface area (Å²) in [7, 11) is 0. The quantitative estimate of drug-likeness (QED) is 0.759. The monoisotopic (exact) mass is 279 g/mol. The molecular weight excluding hydrogens is 259 g/mol. The van der Waals surface area contributed by atoms with E-state index in [2.05, 4.69) is 10.1 Å². The number of fused-ring (bicyclic) bond motifs is 2. The van der Waals surface area contributed by atoms with E-state index < -0.39 is 12.8 Å². The highest BCUT2D eigenvalue weighted by Gasteiger charge is 2.39. The third-order valence-corrected chi connectivity index (χ3v) is 4.17. The van der Waals surface area contributed by atoms with Crippen molar-refractivity contribution in [3.05, 3.63) is 0 Å². The van der Waals surface area contributed by atoms with Crippen LogP contribution in [0.1, 0.15) is 32.1 Å². The van der Waals surface area contributed by atoms with Gasteiger partial charge in [-0.3, -0.25) is 4.79 Å². The summed E-state index contributed by atoms with van der Waals surface area (Å²) in [5.41, 5.74) is 0. The van der Waals surface area contributed by atoms with E-state index in [9.17, 15) is 18.0 Å². The molecule has 3 atom stereocenters. The van der Waals surface area contributed by atoms with E-state index >= 15 is 0 Å². The molecule has 110 valence electrons. The summed E-state index contributed by atoms with van der Waals surface area (Å²) in [4.78, 5) is 11.6. The highest BCUT2D eigenvalue weighted by molar-refractivity contribution is 5.76. The van der Waals surface area contributed by atoms with Gasteiger partial charge in [0.05, 0.1) is 6.61 Å². The zero-order valence-electron chi connectivity index (χ0n) is 10.8. The Balaban J connectivity index is 1.53. The van der Waals surface area contributed by atoms with Crippen molar-refractivity contribution in [2.45, 2.75) is 38.3 Å². The molecular formula is C13H20F3NO2. The lowest BCUT2D eigenvalue weighted by Crippen LogP contribution is -2.31. The molecule has 3 nitrogen and oxygen atoms in total. The largest absolute Gasteiger partial charge is 0.411 e. The Hall–Kier alpha value is -0.780. The maximum atomic E-state index is 11.8. The molecule has 0 heterocycles. The van der Waals surface area contributed by atoms with Gasteiger partial charge >= 0.3 is 6.18 Å². The van der Waals surface area contributed by atoms with Crippen LogP contribution < -0.4 is 5.32 Å². The number of halogens is 3. The van der Waals surface area contributed by atoms with Crippen LogP contribution in [0, 0.1) is 17.8 Å². The number of carbonyl (C=O) groups excluding carboxylic acids is 1. The number of amides is 1. The predicted molar refractivity (Wildman–Crippen MR) is 63.4 cm³/mol. The lowest BCUT2D eigenvalue weighted by atomic mass is 9.86. The molecule has 19 heavy (non-hydrogen) atoms. The van der Waals surface area contributed by atoms with Gasteiger partial charge in [0.25, 0.3) is 0 Å². The Morgan fingerprint density at radius 1 is 1.26 bits per heavy atom. The second-order valence-electron chi connectivity index (χ2n) is 5.66. The van der Waals surface area contributed by atoms with E-state index in [0.717, 1.165) is 12.3 Å². The van der Waals surface area contributed by atoms with Gasteiger partial charge in [0, 0.05) is 13.0 Å². The van der Waals surface area contributed by atoms with Gasteiger partial charge in [-0.25, -0.2) is 0 Å². The van der Waals surface area contributed by atoms with Gasteiger partial charge in [0.2, 0.25) is 5.91 Å². The van der Waals surface area contributed by atoms with Crippen LogP contribution in [0.5, 0.6) is 0 Å². The van der Waals surface area contributed by atoms with Crippen molar-refractivity contribution in [1.82, 2.24) is 5.32 Å². The highest BCUT2D eigenvalue weighted by Crippen LogP contribution is 2.49. The zero-order valence-corrected chi connectivity index (χ0v) is 10.8. The molecule has 0 aliphatic heterocycles. The lowest BCUT2D eigenvalue weighted by molar-refractivity contribution is -0.173. The number of rotatable bonds is 6. The molecule has 2 aliphatic carbocycles. The van der Waals surface area contributed by atoms with Crippen LogP contribution in [0.15, 0.2) is 0 Å². The molecule has 1 N–H and O–H groups in total. The molecule has 6 heteroatoms. The Bertz CT molecular complexity index is 320. The van der Waals surface area contributed by atoms with Crippen molar-refractivity contribution < 1.29 is 22.7 Å². The third kappa shape index (κ3) is 4.67. The lowest BCUT2D eigenvalue weighted by Gasteiger charge is -2.20. The van der Waals surface area contributed by atoms with Crippen LogP contribution in [0.4, 0.5) is 13.2 Å². The van der Waals surface area contributed by atoms with Crippen LogP contribution >= 0.6 is 0 Å². The van der Waals surface area contributed by atoms with Crippen molar-refractivity contribution in [2.24, 2.45) is 17.8 Å². The normalized spacial score (nSPS) is 29.7. The number of hydrogen-bond donors (Lipinski definition) is 1. The molecule has 2 bridgehead atoms. The Morgan fingerprint density at radius 2 is 2.05 bits per heavy atom. The minimum atomic E-state index is -4.30. The fourth-order valence-electron chi connectivity index (χ4n) is 3.39. The molecule has 3 unspecified atom stereocenters. The maximum absolute atomic E-state index is 11.8. The smallest absolute Gasteiger partial charge is 0.370 e. The molecule has 0 spiro atoms. The number of nitrogens with one attached hydrogen (secondary N) is 1. The average Bonchev–Trinajstić information content (AvgIpc) is 2.88. The molecule has 0 radical (unpaired) electrons. The summed E-state index contributed by atoms with van der Waals surface area (Å²) in [6.45, 7) is -1.20. The van der Waals surface area contributed by atoms with Crippen LogP contribution in [0.25, 0.3) is 0 Å². The summed E-state index contributed by atoms with van der Waals surface area (Å²) >= 11 is 0. The molecule has 0 aromatic heterocycles. The predicted octanol–water partition coefficient (Wildman–Crippen LogP) is 2.51. The van der Waals surface area contributed by atoms with Gasteiger partial charge in [0.1, 0.15) is 6.61 Å². The topological polar surface area (TPSA) is 38.3 Å². The summed E-state index contributed by atoms with van der Waals surface area (Å²) in [5, 5.41) is 2.62. The fourth-order valence-corrected chi connectivity index (χ4v) is 3.39. The fraction of sp³-hybridized carbons (Fsp3) is 0.923. The molecule has 2 rings (SSSR count). The van der Waals surface area contributed by atoms with Gasteiger partial charge in [0.15, 0.2) is 0 Å². The molecule has 2 fully saturated rings. The summed E-state index contributed by atoms with van der Waals surface area (Å²) in [6, 6.07) is 0. The second-order valence-corrected chi connectivity index (χ2v) is 5.66. The van der Waals surface area contributed by atoms with Crippen LogP contribution in [-0.2, 0) is 9.53 Å². The van der Waals surface area contributed by atoms with Gasteiger partial charge in [-0.05, 0) is 37.0 Å².